The summed E-state index contributed by atoms with van der Waals surface area (Å²) in [4.78, 5) is 2.57. The highest BCUT2D eigenvalue weighted by molar-refractivity contribution is 7.20. The number of furan rings is 1. The van der Waals surface area contributed by atoms with E-state index in [0.717, 1.165) is 39.5 Å². The molecule has 0 saturated heterocycles. The van der Waals surface area contributed by atoms with Gasteiger partial charge in [0.1, 0.15) is 11.2 Å². The van der Waals surface area contributed by atoms with E-state index in [1.807, 2.05) is 0 Å². The molecule has 4 atom stereocenters. The lowest BCUT2D eigenvalue weighted by Gasteiger charge is -2.48. The van der Waals surface area contributed by atoms with Crippen LogP contribution >= 0.6 is 0 Å². The Hall–Kier alpha value is -7.40. The fourth-order valence-corrected chi connectivity index (χ4v) is 19.7. The fraction of sp³-hybridized carbons (Fsp3) is 0.156. The normalized spacial score (nSPS) is 21.1. The topological polar surface area (TPSA) is 21.3 Å². The molecule has 4 heteroatoms. The SMILES string of the molecule is C[C@H]1CC2C[C@@]3(C1)C[C@H]3C21c2ccccc2N(c2ccc3oc4ccc(-n5c6ccccc6c6ccc([Si](c7ccccc7)(c7ccccc7)c7ccccc7)cc65)cc4c3c2)c2ccccc21. The molecule has 326 valence electrons. The molecule has 2 aromatic heterocycles. The maximum atomic E-state index is 6.72. The van der Waals surface area contributed by atoms with Crippen LogP contribution in [0.3, 0.4) is 0 Å². The molecule has 1 aliphatic heterocycles. The molecule has 0 amide bonds. The van der Waals surface area contributed by atoms with Gasteiger partial charge in [-0.05, 0) is 141 Å². The lowest BCUT2D eigenvalue weighted by molar-refractivity contribution is 0.200. The average Bonchev–Trinajstić information content (AvgIpc) is 3.68. The van der Waals surface area contributed by atoms with Crippen molar-refractivity contribution in [3.05, 3.63) is 230 Å². The average molecular weight is 891 g/mol. The molecular formula is C64H50N2OSi. The van der Waals surface area contributed by atoms with Gasteiger partial charge in [0.2, 0.25) is 0 Å². The Balaban J connectivity index is 0.925. The summed E-state index contributed by atoms with van der Waals surface area (Å²) in [6.45, 7) is 2.51. The Bertz CT molecular complexity index is 3670. The molecule has 0 N–H and O–H groups in total. The Morgan fingerprint density at radius 3 is 1.65 bits per heavy atom. The third-order valence-electron chi connectivity index (χ3n) is 17.3. The van der Waals surface area contributed by atoms with Gasteiger partial charge < -0.3 is 13.9 Å². The first-order chi connectivity index (χ1) is 33.6. The van der Waals surface area contributed by atoms with E-state index in [-0.39, 0.29) is 5.41 Å². The van der Waals surface area contributed by atoms with Crippen molar-refractivity contribution in [2.24, 2.45) is 23.2 Å². The maximum absolute atomic E-state index is 6.72. The molecule has 3 fully saturated rings. The molecule has 9 aromatic carbocycles. The van der Waals surface area contributed by atoms with Gasteiger partial charge in [0, 0.05) is 38.3 Å². The number of para-hydroxylation sites is 3. The number of aromatic nitrogens is 1. The van der Waals surface area contributed by atoms with E-state index in [4.69, 9.17) is 4.42 Å². The standard InChI is InChI=1S/C64H50N2OSi/c1-42-35-43-40-63(39-42)41-62(63)64(43)54-24-12-15-27-57(54)66(58-28-16-13-25-55(58)64)45-30-34-61-53(37-45)52-36-44(29-33-60(52)67-61)65-56-26-14-11-23-50(56)51-32-31-49(38-59(51)65)68(46-17-5-2-6-18-46,47-19-7-3-8-20-47)48-21-9-4-10-22-48/h2-34,36-38,42-43,62H,35,39-41H2,1H3/t42-,43?,62+,63-/m0/s1. The zero-order chi connectivity index (χ0) is 44.8. The van der Waals surface area contributed by atoms with E-state index >= 15 is 0 Å². The van der Waals surface area contributed by atoms with E-state index in [0.29, 0.717) is 11.3 Å². The summed E-state index contributed by atoms with van der Waals surface area (Å²) < 4.78 is 9.22. The molecule has 2 bridgehead atoms. The summed E-state index contributed by atoms with van der Waals surface area (Å²) in [5.41, 5.74) is 12.8. The van der Waals surface area contributed by atoms with Gasteiger partial charge in [0.05, 0.1) is 22.4 Å². The number of fused-ring (bicyclic) bond motifs is 13. The summed E-state index contributed by atoms with van der Waals surface area (Å²) in [6.07, 6.45) is 5.46. The van der Waals surface area contributed by atoms with Gasteiger partial charge in [-0.3, -0.25) is 0 Å². The maximum Gasteiger partial charge on any atom is 0.179 e. The molecule has 3 aliphatic carbocycles. The molecule has 3 nitrogen and oxygen atoms in total. The number of nitrogens with zero attached hydrogens (tertiary/aromatic N) is 2. The summed E-state index contributed by atoms with van der Waals surface area (Å²) in [6, 6.07) is 82.5. The Labute approximate surface area is 397 Å². The Morgan fingerprint density at radius 2 is 1.00 bits per heavy atom. The third-order valence-corrected chi connectivity index (χ3v) is 22.1. The van der Waals surface area contributed by atoms with Crippen molar-refractivity contribution in [3.8, 4) is 5.69 Å². The van der Waals surface area contributed by atoms with Crippen LogP contribution in [0.2, 0.25) is 0 Å². The number of rotatable bonds is 6. The van der Waals surface area contributed by atoms with Gasteiger partial charge in [0.25, 0.3) is 0 Å². The lowest BCUT2D eigenvalue weighted by atomic mass is 9.60. The van der Waals surface area contributed by atoms with E-state index in [2.05, 4.69) is 235 Å². The van der Waals surface area contributed by atoms with Crippen molar-refractivity contribution in [3.63, 3.8) is 0 Å². The fourth-order valence-electron chi connectivity index (χ4n) is 15.0. The smallest absolute Gasteiger partial charge is 0.179 e. The third kappa shape index (κ3) is 5.08. The van der Waals surface area contributed by atoms with Gasteiger partial charge in [-0.2, -0.15) is 0 Å². The first-order valence-corrected chi connectivity index (χ1v) is 26.7. The summed E-state index contributed by atoms with van der Waals surface area (Å²) in [5, 5.41) is 10.2. The van der Waals surface area contributed by atoms with E-state index in [1.165, 1.54) is 96.4 Å². The summed E-state index contributed by atoms with van der Waals surface area (Å²) in [7, 11) is -2.79. The predicted molar refractivity (Wildman–Crippen MR) is 284 cm³/mol. The molecule has 0 radical (unpaired) electrons. The monoisotopic (exact) mass is 890 g/mol. The minimum atomic E-state index is -2.79. The van der Waals surface area contributed by atoms with Crippen molar-refractivity contribution in [2.75, 3.05) is 4.90 Å². The highest BCUT2D eigenvalue weighted by Gasteiger charge is 2.75. The largest absolute Gasteiger partial charge is 0.456 e. The minimum Gasteiger partial charge on any atom is -0.456 e. The molecule has 4 aliphatic rings. The quantitative estimate of drug-likeness (QED) is 0.123. The highest BCUT2D eigenvalue weighted by atomic mass is 28.3. The first kappa shape index (κ1) is 38.7. The Kier molecular flexibility index (Phi) is 8.00. The molecule has 68 heavy (non-hydrogen) atoms. The number of hydrogen-bond acceptors (Lipinski definition) is 2. The molecule has 1 unspecified atom stereocenters. The minimum absolute atomic E-state index is 0.0728. The molecule has 15 rings (SSSR count). The van der Waals surface area contributed by atoms with Crippen LogP contribution in [0.5, 0.6) is 0 Å². The van der Waals surface area contributed by atoms with Gasteiger partial charge in [-0.1, -0.05) is 165 Å². The van der Waals surface area contributed by atoms with Crippen LogP contribution in [-0.2, 0) is 5.41 Å². The molecule has 2 spiro atoms. The number of anilines is 3. The van der Waals surface area contributed by atoms with Crippen molar-refractivity contribution in [2.45, 2.75) is 38.0 Å². The van der Waals surface area contributed by atoms with Gasteiger partial charge in [-0.15, -0.1) is 0 Å². The second-order valence-corrected chi connectivity index (χ2v) is 24.5. The number of benzene rings is 9. The zero-order valence-electron chi connectivity index (χ0n) is 38.1. The molecule has 3 saturated carbocycles. The van der Waals surface area contributed by atoms with Crippen LogP contribution < -0.4 is 25.6 Å². The number of hydrogen-bond donors (Lipinski definition) is 0. The van der Waals surface area contributed by atoms with E-state index in [9.17, 15) is 0 Å². The van der Waals surface area contributed by atoms with Crippen LogP contribution in [0.25, 0.3) is 49.4 Å². The predicted octanol–water partition coefficient (Wildman–Crippen LogP) is 13.6. The van der Waals surface area contributed by atoms with Crippen LogP contribution in [0.15, 0.2) is 223 Å². The zero-order valence-corrected chi connectivity index (χ0v) is 39.1. The van der Waals surface area contributed by atoms with Crippen LogP contribution in [0.1, 0.15) is 43.7 Å². The Morgan fingerprint density at radius 1 is 0.456 bits per heavy atom. The molecule has 11 aromatic rings. The van der Waals surface area contributed by atoms with Gasteiger partial charge >= 0.3 is 0 Å². The van der Waals surface area contributed by atoms with Crippen molar-refractivity contribution in [1.29, 1.82) is 0 Å². The first-order valence-electron chi connectivity index (χ1n) is 24.7. The lowest BCUT2D eigenvalue weighted by Crippen LogP contribution is -2.74. The molecular weight excluding hydrogens is 841 g/mol. The second kappa shape index (κ2) is 14.1. The van der Waals surface area contributed by atoms with Gasteiger partial charge in [-0.25, -0.2) is 0 Å². The van der Waals surface area contributed by atoms with E-state index in [1.54, 1.807) is 0 Å². The van der Waals surface area contributed by atoms with Crippen molar-refractivity contribution in [1.82, 2.24) is 4.57 Å². The summed E-state index contributed by atoms with van der Waals surface area (Å²) in [5.74, 6) is 2.19. The highest BCUT2D eigenvalue weighted by Crippen LogP contribution is 2.82. The van der Waals surface area contributed by atoms with Crippen LogP contribution in [-0.4, -0.2) is 12.6 Å². The summed E-state index contributed by atoms with van der Waals surface area (Å²) >= 11 is 0. The van der Waals surface area contributed by atoms with E-state index < -0.39 is 8.07 Å². The second-order valence-electron chi connectivity index (χ2n) is 20.7. The molecule has 3 heterocycles. The van der Waals surface area contributed by atoms with Crippen molar-refractivity contribution < 1.29 is 4.42 Å². The van der Waals surface area contributed by atoms with Gasteiger partial charge in [0.15, 0.2) is 8.07 Å². The van der Waals surface area contributed by atoms with Crippen LogP contribution in [0, 0.1) is 23.2 Å². The van der Waals surface area contributed by atoms with Crippen molar-refractivity contribution >= 4 is 89.6 Å². The van der Waals surface area contributed by atoms with Crippen LogP contribution in [0.4, 0.5) is 17.1 Å².